The molecule has 0 heterocycles. The summed E-state index contributed by atoms with van der Waals surface area (Å²) in [6.07, 6.45) is 9.08. The lowest BCUT2D eigenvalue weighted by atomic mass is 9.83. The topological polar surface area (TPSA) is 63.3 Å². The van der Waals surface area contributed by atoms with E-state index in [1.165, 1.54) is 44.9 Å². The molecule has 0 saturated heterocycles. The summed E-state index contributed by atoms with van der Waals surface area (Å²) in [5, 5.41) is 7.12. The molecule has 6 heteroatoms. The zero-order valence-corrected chi connectivity index (χ0v) is 13.0. The quantitative estimate of drug-likeness (QED) is 0.591. The van der Waals surface area contributed by atoms with Gasteiger partial charge in [-0.2, -0.15) is 13.2 Å². The SMILES string of the molecule is CCCC/C=C\C[C@H]1[C@@H]2CC[C@@H](C2)[C@@H]1N.O=C(O)C(F)(F)F. The summed E-state index contributed by atoms with van der Waals surface area (Å²) in [5.74, 6) is -0.126. The molecule has 2 rings (SSSR count). The van der Waals surface area contributed by atoms with Crippen molar-refractivity contribution in [3.8, 4) is 0 Å². The molecule has 0 aromatic carbocycles. The Morgan fingerprint density at radius 3 is 2.32 bits per heavy atom. The molecule has 0 aromatic rings. The van der Waals surface area contributed by atoms with Crippen LogP contribution in [0.25, 0.3) is 0 Å². The molecule has 0 spiro atoms. The molecule has 0 unspecified atom stereocenters. The predicted molar refractivity (Wildman–Crippen MR) is 79.3 cm³/mol. The van der Waals surface area contributed by atoms with E-state index < -0.39 is 12.1 Å². The van der Waals surface area contributed by atoms with Crippen molar-refractivity contribution in [2.24, 2.45) is 23.5 Å². The van der Waals surface area contributed by atoms with Crippen molar-refractivity contribution in [1.82, 2.24) is 0 Å². The molecule has 0 aromatic heterocycles. The second-order valence-electron chi connectivity index (χ2n) is 6.23. The third-order valence-electron chi connectivity index (χ3n) is 4.70. The number of nitrogens with two attached hydrogens (primary N) is 1. The first-order valence-corrected chi connectivity index (χ1v) is 7.98. The molecule has 22 heavy (non-hydrogen) atoms. The van der Waals surface area contributed by atoms with Gasteiger partial charge >= 0.3 is 12.1 Å². The normalized spacial score (nSPS) is 30.4. The second kappa shape index (κ2) is 8.56. The number of halogens is 3. The van der Waals surface area contributed by atoms with Crippen LogP contribution in [-0.4, -0.2) is 23.3 Å². The zero-order valence-electron chi connectivity index (χ0n) is 13.0. The van der Waals surface area contributed by atoms with Crippen molar-refractivity contribution in [2.45, 2.75) is 64.1 Å². The molecule has 0 radical (unpaired) electrons. The van der Waals surface area contributed by atoms with Crippen LogP contribution in [0.5, 0.6) is 0 Å². The fourth-order valence-corrected chi connectivity index (χ4v) is 3.50. The lowest BCUT2D eigenvalue weighted by Gasteiger charge is -2.27. The minimum atomic E-state index is -5.08. The van der Waals surface area contributed by atoms with Gasteiger partial charge in [0.25, 0.3) is 0 Å². The molecule has 2 fully saturated rings. The summed E-state index contributed by atoms with van der Waals surface area (Å²) >= 11 is 0. The number of alkyl halides is 3. The van der Waals surface area contributed by atoms with Crippen LogP contribution in [0.3, 0.4) is 0 Å². The number of hydrogen-bond acceptors (Lipinski definition) is 2. The summed E-state index contributed by atoms with van der Waals surface area (Å²) < 4.78 is 31.7. The molecule has 0 aliphatic heterocycles. The van der Waals surface area contributed by atoms with E-state index in [1.54, 1.807) is 0 Å². The molecule has 0 amide bonds. The number of rotatable bonds is 5. The van der Waals surface area contributed by atoms with Crippen molar-refractivity contribution in [1.29, 1.82) is 0 Å². The third-order valence-corrected chi connectivity index (χ3v) is 4.70. The Labute approximate surface area is 129 Å². The van der Waals surface area contributed by atoms with E-state index in [2.05, 4.69) is 19.1 Å². The lowest BCUT2D eigenvalue weighted by molar-refractivity contribution is -0.192. The highest BCUT2D eigenvalue weighted by molar-refractivity contribution is 5.73. The second-order valence-corrected chi connectivity index (χ2v) is 6.23. The molecular weight excluding hydrogens is 295 g/mol. The van der Waals surface area contributed by atoms with E-state index in [4.69, 9.17) is 15.6 Å². The Morgan fingerprint density at radius 1 is 1.27 bits per heavy atom. The summed E-state index contributed by atoms with van der Waals surface area (Å²) in [7, 11) is 0. The van der Waals surface area contributed by atoms with Gasteiger partial charge in [0, 0.05) is 6.04 Å². The van der Waals surface area contributed by atoms with Gasteiger partial charge in [0.2, 0.25) is 0 Å². The molecule has 4 atom stereocenters. The summed E-state index contributed by atoms with van der Waals surface area (Å²) in [6.45, 7) is 2.25. The van der Waals surface area contributed by atoms with Gasteiger partial charge in [0.05, 0.1) is 0 Å². The van der Waals surface area contributed by atoms with Crippen LogP contribution in [-0.2, 0) is 4.79 Å². The fraction of sp³-hybridized carbons (Fsp3) is 0.812. The van der Waals surface area contributed by atoms with Gasteiger partial charge in [-0.3, -0.25) is 0 Å². The maximum absolute atomic E-state index is 10.6. The van der Waals surface area contributed by atoms with Crippen LogP contribution in [0.4, 0.5) is 13.2 Å². The Hall–Kier alpha value is -1.04. The van der Waals surface area contributed by atoms with E-state index in [0.29, 0.717) is 6.04 Å². The molecular formula is C16H26F3NO2. The van der Waals surface area contributed by atoms with Crippen LogP contribution in [0.2, 0.25) is 0 Å². The third kappa shape index (κ3) is 5.63. The van der Waals surface area contributed by atoms with E-state index in [0.717, 1.165) is 17.8 Å². The van der Waals surface area contributed by atoms with Gasteiger partial charge in [-0.25, -0.2) is 4.79 Å². The van der Waals surface area contributed by atoms with Gasteiger partial charge in [-0.05, 0) is 49.9 Å². The Balaban J connectivity index is 0.000000295. The van der Waals surface area contributed by atoms with Gasteiger partial charge in [0.1, 0.15) is 0 Å². The van der Waals surface area contributed by atoms with Crippen LogP contribution in [0.1, 0.15) is 51.9 Å². The number of carboxylic acid groups (broad SMARTS) is 1. The van der Waals surface area contributed by atoms with Crippen LogP contribution in [0.15, 0.2) is 12.2 Å². The Kier molecular flexibility index (Phi) is 7.39. The lowest BCUT2D eigenvalue weighted by Crippen LogP contribution is -2.35. The summed E-state index contributed by atoms with van der Waals surface area (Å²) in [6, 6.07) is 0.513. The van der Waals surface area contributed by atoms with Gasteiger partial charge in [0.15, 0.2) is 0 Å². The number of unbranched alkanes of at least 4 members (excludes halogenated alkanes) is 2. The van der Waals surface area contributed by atoms with Crippen LogP contribution < -0.4 is 5.73 Å². The maximum atomic E-state index is 10.6. The molecule has 2 bridgehead atoms. The van der Waals surface area contributed by atoms with E-state index in [1.807, 2.05) is 0 Å². The Morgan fingerprint density at radius 2 is 1.86 bits per heavy atom. The van der Waals surface area contributed by atoms with Crippen molar-refractivity contribution in [2.75, 3.05) is 0 Å². The van der Waals surface area contributed by atoms with Crippen molar-refractivity contribution >= 4 is 5.97 Å². The highest BCUT2D eigenvalue weighted by Crippen LogP contribution is 2.48. The monoisotopic (exact) mass is 321 g/mol. The summed E-state index contributed by atoms with van der Waals surface area (Å²) in [5.41, 5.74) is 6.27. The molecule has 2 aliphatic carbocycles. The molecule has 3 N–H and O–H groups in total. The van der Waals surface area contributed by atoms with E-state index >= 15 is 0 Å². The van der Waals surface area contributed by atoms with Crippen molar-refractivity contribution in [3.63, 3.8) is 0 Å². The number of allylic oxidation sites excluding steroid dienone is 2. The number of aliphatic carboxylic acids is 1. The minimum absolute atomic E-state index is 0.513. The number of fused-ring (bicyclic) bond motifs is 2. The Bertz CT molecular complexity index is 380. The highest BCUT2D eigenvalue weighted by Gasteiger charge is 2.44. The van der Waals surface area contributed by atoms with Gasteiger partial charge < -0.3 is 10.8 Å². The number of hydrogen-bond donors (Lipinski definition) is 2. The number of carboxylic acids is 1. The van der Waals surface area contributed by atoms with Gasteiger partial charge in [-0.1, -0.05) is 31.9 Å². The zero-order chi connectivity index (χ0) is 16.8. The van der Waals surface area contributed by atoms with E-state index in [9.17, 15) is 13.2 Å². The fourth-order valence-electron chi connectivity index (χ4n) is 3.50. The molecule has 128 valence electrons. The molecule has 2 aliphatic rings. The smallest absolute Gasteiger partial charge is 0.475 e. The number of carbonyl (C=O) groups is 1. The predicted octanol–water partition coefficient (Wildman–Crippen LogP) is 4.13. The standard InChI is InChI=1S/C14H25N.C2HF3O2/c1-2-3-4-5-6-7-13-11-8-9-12(10-11)14(13)15;3-2(4,5)1(6)7/h5-6,11-14H,2-4,7-10,15H2,1H3;(H,6,7)/b6-5-;/t11-,12+,13+,14+;/m1./s1. The average Bonchev–Trinajstić information content (AvgIpc) is 3.01. The van der Waals surface area contributed by atoms with Gasteiger partial charge in [-0.15, -0.1) is 0 Å². The van der Waals surface area contributed by atoms with Crippen LogP contribution in [0, 0.1) is 17.8 Å². The highest BCUT2D eigenvalue weighted by atomic mass is 19.4. The van der Waals surface area contributed by atoms with E-state index in [-0.39, 0.29) is 0 Å². The first-order valence-electron chi connectivity index (χ1n) is 7.98. The van der Waals surface area contributed by atoms with Crippen molar-refractivity contribution < 1.29 is 23.1 Å². The largest absolute Gasteiger partial charge is 0.490 e. The molecule has 3 nitrogen and oxygen atoms in total. The molecule has 2 saturated carbocycles. The first-order chi connectivity index (χ1) is 10.3. The first kappa shape index (κ1) is 19.0. The van der Waals surface area contributed by atoms with Crippen LogP contribution >= 0.6 is 0 Å². The maximum Gasteiger partial charge on any atom is 0.490 e. The average molecular weight is 321 g/mol. The minimum Gasteiger partial charge on any atom is -0.475 e. The summed E-state index contributed by atoms with van der Waals surface area (Å²) in [4.78, 5) is 8.90. The van der Waals surface area contributed by atoms with Crippen molar-refractivity contribution in [3.05, 3.63) is 12.2 Å².